The third kappa shape index (κ3) is 3.34. The van der Waals surface area contributed by atoms with E-state index in [1.165, 1.54) is 23.1 Å². The normalized spacial score (nSPS) is 16.2. The number of carbonyl (C=O) groups is 1. The van der Waals surface area contributed by atoms with Gasteiger partial charge in [-0.2, -0.15) is 0 Å². The van der Waals surface area contributed by atoms with Gasteiger partial charge in [0.25, 0.3) is 0 Å². The molecule has 17 heavy (non-hydrogen) atoms. The number of rotatable bonds is 3. The summed E-state index contributed by atoms with van der Waals surface area (Å²) in [7, 11) is 0. The molecule has 2 heterocycles. The van der Waals surface area contributed by atoms with E-state index in [2.05, 4.69) is 10.3 Å². The fraction of sp³-hybridized carbons (Fsp3) is 0.600. The van der Waals surface area contributed by atoms with Crippen molar-refractivity contribution >= 4 is 34.1 Å². The van der Waals surface area contributed by atoms with E-state index in [1.807, 2.05) is 11.8 Å². The van der Waals surface area contributed by atoms with E-state index in [9.17, 15) is 4.79 Å². The number of aryl methyl sites for hydroxylation is 1. The maximum absolute atomic E-state index is 11.9. The average molecular weight is 272 g/mol. The van der Waals surface area contributed by atoms with Gasteiger partial charge in [0.15, 0.2) is 5.13 Å². The Balaban J connectivity index is 1.85. The summed E-state index contributed by atoms with van der Waals surface area (Å²) in [5.41, 5.74) is 6.54. The first kappa shape index (κ1) is 12.7. The van der Waals surface area contributed by atoms with Crippen molar-refractivity contribution < 1.29 is 4.79 Å². The summed E-state index contributed by atoms with van der Waals surface area (Å²) in [6, 6.07) is 0. The van der Waals surface area contributed by atoms with Crippen LogP contribution in [-0.2, 0) is 4.79 Å². The quantitative estimate of drug-likeness (QED) is 0.787. The molecule has 0 bridgehead atoms. The van der Waals surface area contributed by atoms with Crippen molar-refractivity contribution in [2.45, 2.75) is 11.1 Å². The number of thiazole rings is 1. The minimum Gasteiger partial charge on any atom is -0.375 e. The maximum atomic E-state index is 11.9. The molecule has 0 unspecified atom stereocenters. The van der Waals surface area contributed by atoms with Crippen molar-refractivity contribution in [1.82, 2.24) is 15.2 Å². The summed E-state index contributed by atoms with van der Waals surface area (Å²) < 4.78 is 1.05. The van der Waals surface area contributed by atoms with E-state index in [0.29, 0.717) is 10.9 Å². The number of nitrogens with two attached hydrogens (primary N) is 1. The molecule has 94 valence electrons. The third-order valence-corrected chi connectivity index (χ3v) is 4.90. The van der Waals surface area contributed by atoms with Gasteiger partial charge in [0.2, 0.25) is 5.91 Å². The van der Waals surface area contributed by atoms with Crippen molar-refractivity contribution in [3.63, 3.8) is 0 Å². The molecule has 1 aliphatic heterocycles. The van der Waals surface area contributed by atoms with Gasteiger partial charge in [0.1, 0.15) is 0 Å². The molecule has 0 aromatic carbocycles. The third-order valence-electron chi connectivity index (χ3n) is 2.57. The van der Waals surface area contributed by atoms with Crippen LogP contribution in [0.3, 0.4) is 0 Å². The molecule has 1 aliphatic rings. The number of nitrogens with zero attached hydrogens (tertiary/aromatic N) is 2. The summed E-state index contributed by atoms with van der Waals surface area (Å²) in [6.45, 7) is 5.32. The summed E-state index contributed by atoms with van der Waals surface area (Å²) in [6.07, 6.45) is 0. The summed E-state index contributed by atoms with van der Waals surface area (Å²) in [4.78, 5) is 18.0. The Kier molecular flexibility index (Phi) is 4.25. The molecule has 0 saturated carbocycles. The Morgan fingerprint density at radius 2 is 2.29 bits per heavy atom. The summed E-state index contributed by atoms with van der Waals surface area (Å²) >= 11 is 2.98. The highest BCUT2D eigenvalue weighted by Crippen LogP contribution is 2.30. The van der Waals surface area contributed by atoms with Gasteiger partial charge in [0.05, 0.1) is 15.7 Å². The zero-order valence-electron chi connectivity index (χ0n) is 9.73. The highest BCUT2D eigenvalue weighted by atomic mass is 32.2. The first-order valence-corrected chi connectivity index (χ1v) is 7.31. The van der Waals surface area contributed by atoms with Gasteiger partial charge in [0, 0.05) is 26.2 Å². The summed E-state index contributed by atoms with van der Waals surface area (Å²) in [5, 5.41) is 3.80. The fourth-order valence-corrected chi connectivity index (χ4v) is 3.60. The molecule has 0 atom stereocenters. The van der Waals surface area contributed by atoms with Crippen LogP contribution in [0.2, 0.25) is 0 Å². The van der Waals surface area contributed by atoms with Crippen LogP contribution in [0, 0.1) is 6.92 Å². The number of nitrogen functional groups attached to an aromatic ring is 1. The molecular weight excluding hydrogens is 256 g/mol. The molecule has 1 amide bonds. The summed E-state index contributed by atoms with van der Waals surface area (Å²) in [5.74, 6) is 0.672. The molecular formula is C10H16N4OS2. The number of thioether (sulfide) groups is 1. The first-order chi connectivity index (χ1) is 8.16. The SMILES string of the molecule is Cc1nc(N)sc1SCC(=O)N1CCNCC1. The van der Waals surface area contributed by atoms with Gasteiger partial charge in [-0.25, -0.2) is 4.98 Å². The molecule has 1 fully saturated rings. The zero-order chi connectivity index (χ0) is 12.3. The van der Waals surface area contributed by atoms with Gasteiger partial charge in [-0.15, -0.1) is 11.8 Å². The largest absolute Gasteiger partial charge is 0.375 e. The van der Waals surface area contributed by atoms with Gasteiger partial charge in [-0.3, -0.25) is 4.79 Å². The predicted octanol–water partition coefficient (Wildman–Crippen LogP) is 0.558. The molecule has 1 aromatic rings. The highest BCUT2D eigenvalue weighted by molar-refractivity contribution is 8.01. The van der Waals surface area contributed by atoms with Crippen molar-refractivity contribution in [1.29, 1.82) is 0 Å². The Bertz CT molecular complexity index is 401. The van der Waals surface area contributed by atoms with Crippen LogP contribution in [0.4, 0.5) is 5.13 Å². The molecule has 5 nitrogen and oxygen atoms in total. The molecule has 0 spiro atoms. The Morgan fingerprint density at radius 1 is 1.59 bits per heavy atom. The van der Waals surface area contributed by atoms with Gasteiger partial charge >= 0.3 is 0 Å². The van der Waals surface area contributed by atoms with Crippen molar-refractivity contribution in [2.75, 3.05) is 37.7 Å². The number of nitrogens with one attached hydrogen (secondary N) is 1. The molecule has 1 saturated heterocycles. The minimum absolute atomic E-state index is 0.197. The lowest BCUT2D eigenvalue weighted by Crippen LogP contribution is -2.47. The number of anilines is 1. The second-order valence-electron chi connectivity index (χ2n) is 3.84. The minimum atomic E-state index is 0.197. The number of carbonyl (C=O) groups excluding carboxylic acids is 1. The zero-order valence-corrected chi connectivity index (χ0v) is 11.4. The molecule has 1 aromatic heterocycles. The molecule has 7 heteroatoms. The molecule has 2 rings (SSSR count). The van der Waals surface area contributed by atoms with Crippen LogP contribution in [0.1, 0.15) is 5.69 Å². The first-order valence-electron chi connectivity index (χ1n) is 5.51. The van der Waals surface area contributed by atoms with Gasteiger partial charge in [-0.1, -0.05) is 11.3 Å². The topological polar surface area (TPSA) is 71.2 Å². The standard InChI is InChI=1S/C10H16N4OS2/c1-7-9(17-10(11)13-7)16-6-8(15)14-4-2-12-3-5-14/h12H,2-6H2,1H3,(H2,11,13). The van der Waals surface area contributed by atoms with E-state index >= 15 is 0 Å². The number of hydrogen-bond acceptors (Lipinski definition) is 6. The average Bonchev–Trinajstić information content (AvgIpc) is 2.66. The Hall–Kier alpha value is -0.790. The second kappa shape index (κ2) is 5.70. The fourth-order valence-electron chi connectivity index (χ4n) is 1.67. The van der Waals surface area contributed by atoms with Crippen molar-refractivity contribution in [2.24, 2.45) is 0 Å². The van der Waals surface area contributed by atoms with Crippen molar-refractivity contribution in [3.05, 3.63) is 5.69 Å². The highest BCUT2D eigenvalue weighted by Gasteiger charge is 2.17. The monoisotopic (exact) mass is 272 g/mol. The molecule has 0 radical (unpaired) electrons. The lowest BCUT2D eigenvalue weighted by molar-refractivity contribution is -0.128. The number of hydrogen-bond donors (Lipinski definition) is 2. The Morgan fingerprint density at radius 3 is 2.88 bits per heavy atom. The van der Waals surface area contributed by atoms with Crippen LogP contribution in [0.25, 0.3) is 0 Å². The number of amides is 1. The second-order valence-corrected chi connectivity index (χ2v) is 6.12. The van der Waals surface area contributed by atoms with E-state index < -0.39 is 0 Å². The van der Waals surface area contributed by atoms with E-state index in [-0.39, 0.29) is 5.91 Å². The van der Waals surface area contributed by atoms with Gasteiger partial charge in [-0.05, 0) is 6.92 Å². The van der Waals surface area contributed by atoms with Crippen LogP contribution >= 0.6 is 23.1 Å². The van der Waals surface area contributed by atoms with Gasteiger partial charge < -0.3 is 16.0 Å². The maximum Gasteiger partial charge on any atom is 0.233 e. The van der Waals surface area contributed by atoms with Crippen LogP contribution in [0.15, 0.2) is 4.21 Å². The van der Waals surface area contributed by atoms with Crippen LogP contribution in [-0.4, -0.2) is 47.7 Å². The smallest absolute Gasteiger partial charge is 0.233 e. The number of aromatic nitrogens is 1. The lowest BCUT2D eigenvalue weighted by atomic mass is 10.3. The molecule has 3 N–H and O–H groups in total. The van der Waals surface area contributed by atoms with E-state index in [0.717, 1.165) is 36.1 Å². The van der Waals surface area contributed by atoms with Crippen molar-refractivity contribution in [3.8, 4) is 0 Å². The lowest BCUT2D eigenvalue weighted by Gasteiger charge is -2.27. The van der Waals surface area contributed by atoms with E-state index in [1.54, 1.807) is 0 Å². The van der Waals surface area contributed by atoms with E-state index in [4.69, 9.17) is 5.73 Å². The van der Waals surface area contributed by atoms with Crippen LogP contribution in [0.5, 0.6) is 0 Å². The number of piperazine rings is 1. The predicted molar refractivity (Wildman–Crippen MR) is 71.4 cm³/mol. The Labute approximate surface area is 109 Å². The molecule has 0 aliphatic carbocycles. The van der Waals surface area contributed by atoms with Crippen LogP contribution < -0.4 is 11.1 Å².